The molecule has 0 saturated heterocycles. The van der Waals surface area contributed by atoms with Gasteiger partial charge in [-0.3, -0.25) is 9.78 Å². The second-order valence-electron chi connectivity index (χ2n) is 4.89. The van der Waals surface area contributed by atoms with E-state index in [1.54, 1.807) is 36.7 Å². The Morgan fingerprint density at radius 3 is 2.61 bits per heavy atom. The molecule has 0 atom stereocenters. The summed E-state index contributed by atoms with van der Waals surface area (Å²) >= 11 is 1.51. The lowest BCUT2D eigenvalue weighted by molar-refractivity contribution is 0.0954. The minimum absolute atomic E-state index is 0.124. The quantitative estimate of drug-likeness (QED) is 0.782. The number of benzene rings is 1. The van der Waals surface area contributed by atoms with E-state index in [9.17, 15) is 9.18 Å². The number of amides is 1. The fourth-order valence-corrected chi connectivity index (χ4v) is 2.92. The number of carbonyl (C=O) groups excluding carboxylic acids is 1. The van der Waals surface area contributed by atoms with Crippen LogP contribution < -0.4 is 5.32 Å². The summed E-state index contributed by atoms with van der Waals surface area (Å²) in [6.07, 6.45) is 3.82. The summed E-state index contributed by atoms with van der Waals surface area (Å²) in [7, 11) is 0. The molecule has 23 heavy (non-hydrogen) atoms. The van der Waals surface area contributed by atoms with Gasteiger partial charge in [0.25, 0.3) is 5.91 Å². The van der Waals surface area contributed by atoms with Crippen molar-refractivity contribution in [2.75, 3.05) is 6.54 Å². The molecular formula is C17H14FN3OS. The Labute approximate surface area is 137 Å². The van der Waals surface area contributed by atoms with Crippen molar-refractivity contribution in [3.05, 3.63) is 71.2 Å². The molecule has 0 fully saturated rings. The fourth-order valence-electron chi connectivity index (χ4n) is 2.06. The predicted molar refractivity (Wildman–Crippen MR) is 87.8 cm³/mol. The Morgan fingerprint density at radius 2 is 1.87 bits per heavy atom. The van der Waals surface area contributed by atoms with Gasteiger partial charge in [0.15, 0.2) is 0 Å². The highest BCUT2D eigenvalue weighted by atomic mass is 32.1. The van der Waals surface area contributed by atoms with Crippen LogP contribution in [0.5, 0.6) is 0 Å². The molecule has 116 valence electrons. The molecule has 4 nitrogen and oxygen atoms in total. The fraction of sp³-hybridized carbons (Fsp3) is 0.118. The molecule has 0 radical (unpaired) electrons. The predicted octanol–water partition coefficient (Wildman–Crippen LogP) is 3.32. The lowest BCUT2D eigenvalue weighted by Gasteiger charge is -2.03. The number of aromatic nitrogens is 2. The van der Waals surface area contributed by atoms with Crippen molar-refractivity contribution in [1.29, 1.82) is 0 Å². The molecule has 1 aromatic carbocycles. The van der Waals surface area contributed by atoms with Crippen LogP contribution in [0.25, 0.3) is 10.6 Å². The zero-order valence-electron chi connectivity index (χ0n) is 12.2. The summed E-state index contributed by atoms with van der Waals surface area (Å²) < 4.78 is 12.9. The number of thiazole rings is 1. The highest BCUT2D eigenvalue weighted by Gasteiger charge is 2.07. The maximum Gasteiger partial charge on any atom is 0.251 e. The van der Waals surface area contributed by atoms with Gasteiger partial charge in [0.2, 0.25) is 0 Å². The molecule has 0 unspecified atom stereocenters. The zero-order valence-corrected chi connectivity index (χ0v) is 13.0. The van der Waals surface area contributed by atoms with E-state index in [1.807, 2.05) is 5.38 Å². The number of carbonyl (C=O) groups is 1. The van der Waals surface area contributed by atoms with Gasteiger partial charge in [-0.15, -0.1) is 11.3 Å². The second-order valence-corrected chi connectivity index (χ2v) is 5.75. The van der Waals surface area contributed by atoms with E-state index in [0.29, 0.717) is 18.5 Å². The highest BCUT2D eigenvalue weighted by Crippen LogP contribution is 2.23. The van der Waals surface area contributed by atoms with Crippen molar-refractivity contribution in [2.24, 2.45) is 0 Å². The summed E-state index contributed by atoms with van der Waals surface area (Å²) in [6, 6.07) is 9.61. The molecule has 1 amide bonds. The largest absolute Gasteiger partial charge is 0.352 e. The van der Waals surface area contributed by atoms with Gasteiger partial charge < -0.3 is 5.32 Å². The van der Waals surface area contributed by atoms with E-state index in [4.69, 9.17) is 0 Å². The molecule has 3 rings (SSSR count). The molecule has 0 spiro atoms. The Hall–Kier alpha value is -2.60. The average molecular weight is 327 g/mol. The number of nitrogens with one attached hydrogen (secondary N) is 1. The number of nitrogens with zero attached hydrogens (tertiary/aromatic N) is 2. The van der Waals surface area contributed by atoms with E-state index < -0.39 is 0 Å². The highest BCUT2D eigenvalue weighted by molar-refractivity contribution is 7.13. The van der Waals surface area contributed by atoms with Crippen molar-refractivity contribution in [2.45, 2.75) is 6.42 Å². The van der Waals surface area contributed by atoms with E-state index in [2.05, 4.69) is 15.3 Å². The van der Waals surface area contributed by atoms with Gasteiger partial charge >= 0.3 is 0 Å². The molecular weight excluding hydrogens is 313 g/mol. The smallest absolute Gasteiger partial charge is 0.251 e. The minimum Gasteiger partial charge on any atom is -0.352 e. The lowest BCUT2D eigenvalue weighted by atomic mass is 10.2. The third-order valence-electron chi connectivity index (χ3n) is 3.25. The van der Waals surface area contributed by atoms with Crippen molar-refractivity contribution in [3.8, 4) is 10.6 Å². The van der Waals surface area contributed by atoms with Gasteiger partial charge in [-0.1, -0.05) is 0 Å². The first-order valence-corrected chi connectivity index (χ1v) is 7.99. The summed E-state index contributed by atoms with van der Waals surface area (Å²) in [5.74, 6) is -0.384. The van der Waals surface area contributed by atoms with Crippen LogP contribution in [0.3, 0.4) is 0 Å². The summed E-state index contributed by atoms with van der Waals surface area (Å²) in [5.41, 5.74) is 2.39. The third-order valence-corrected chi connectivity index (χ3v) is 4.19. The SMILES string of the molecule is O=C(NCCc1csc(-c2ccc(F)cc2)n1)c1ccncc1. The van der Waals surface area contributed by atoms with Crippen LogP contribution in [0.4, 0.5) is 4.39 Å². The molecule has 2 heterocycles. The molecule has 0 aliphatic heterocycles. The van der Waals surface area contributed by atoms with Crippen molar-refractivity contribution in [3.63, 3.8) is 0 Å². The molecule has 3 aromatic rings. The number of pyridine rings is 1. The Morgan fingerprint density at radius 1 is 1.13 bits per heavy atom. The van der Waals surface area contributed by atoms with Gasteiger partial charge in [0, 0.05) is 41.9 Å². The second kappa shape index (κ2) is 7.11. The monoisotopic (exact) mass is 327 g/mol. The van der Waals surface area contributed by atoms with Gasteiger partial charge in [0.05, 0.1) is 5.69 Å². The Kier molecular flexibility index (Phi) is 4.73. The van der Waals surface area contributed by atoms with Crippen LogP contribution in [0.2, 0.25) is 0 Å². The molecule has 0 bridgehead atoms. The molecule has 2 aromatic heterocycles. The Bertz CT molecular complexity index is 787. The Balaban J connectivity index is 1.55. The van der Waals surface area contributed by atoms with Crippen LogP contribution in [0, 0.1) is 5.82 Å². The molecule has 6 heteroatoms. The van der Waals surface area contributed by atoms with Crippen molar-refractivity contribution >= 4 is 17.2 Å². The lowest BCUT2D eigenvalue weighted by Crippen LogP contribution is -2.25. The normalized spacial score (nSPS) is 10.5. The standard InChI is InChI=1S/C17H14FN3OS/c18-14-3-1-13(2-4-14)17-21-15(11-23-17)7-10-20-16(22)12-5-8-19-9-6-12/h1-6,8-9,11H,7,10H2,(H,20,22). The van der Waals surface area contributed by atoms with E-state index in [0.717, 1.165) is 16.3 Å². The first kappa shape index (κ1) is 15.3. The van der Waals surface area contributed by atoms with Crippen LogP contribution in [-0.2, 0) is 6.42 Å². The van der Waals surface area contributed by atoms with Crippen LogP contribution in [-0.4, -0.2) is 22.4 Å². The molecule has 1 N–H and O–H groups in total. The summed E-state index contributed by atoms with van der Waals surface area (Å²) in [4.78, 5) is 20.3. The maximum atomic E-state index is 12.9. The first-order valence-electron chi connectivity index (χ1n) is 7.11. The zero-order chi connectivity index (χ0) is 16.1. The number of hydrogen-bond donors (Lipinski definition) is 1. The van der Waals surface area contributed by atoms with Gasteiger partial charge in [-0.25, -0.2) is 9.37 Å². The van der Waals surface area contributed by atoms with E-state index in [-0.39, 0.29) is 11.7 Å². The molecule has 0 aliphatic rings. The van der Waals surface area contributed by atoms with Crippen LogP contribution in [0.1, 0.15) is 16.1 Å². The average Bonchev–Trinajstić information content (AvgIpc) is 3.05. The van der Waals surface area contributed by atoms with Gasteiger partial charge in [-0.05, 0) is 36.4 Å². The molecule has 0 saturated carbocycles. The number of hydrogen-bond acceptors (Lipinski definition) is 4. The van der Waals surface area contributed by atoms with Gasteiger partial charge in [-0.2, -0.15) is 0 Å². The van der Waals surface area contributed by atoms with Crippen LogP contribution >= 0.6 is 11.3 Å². The van der Waals surface area contributed by atoms with E-state index >= 15 is 0 Å². The van der Waals surface area contributed by atoms with Crippen molar-refractivity contribution in [1.82, 2.24) is 15.3 Å². The van der Waals surface area contributed by atoms with Crippen molar-refractivity contribution < 1.29 is 9.18 Å². The number of halogens is 1. The first-order chi connectivity index (χ1) is 11.2. The topological polar surface area (TPSA) is 54.9 Å². The maximum absolute atomic E-state index is 12.9. The van der Waals surface area contributed by atoms with E-state index in [1.165, 1.54) is 23.5 Å². The van der Waals surface area contributed by atoms with Gasteiger partial charge in [0.1, 0.15) is 10.8 Å². The molecule has 0 aliphatic carbocycles. The number of rotatable bonds is 5. The summed E-state index contributed by atoms with van der Waals surface area (Å²) in [5, 5.41) is 5.66. The third kappa shape index (κ3) is 3.98. The summed E-state index contributed by atoms with van der Waals surface area (Å²) in [6.45, 7) is 0.508. The van der Waals surface area contributed by atoms with Crippen LogP contribution in [0.15, 0.2) is 54.2 Å². The minimum atomic E-state index is -0.260.